The summed E-state index contributed by atoms with van der Waals surface area (Å²) in [6.07, 6.45) is 5.15. The Morgan fingerprint density at radius 2 is 1.56 bits per heavy atom. The molecule has 2 atom stereocenters. The molecule has 2 N–H and O–H groups in total. The molecule has 2 bridgehead atoms. The number of carbonyl (C=O) groups excluding carboxylic acids is 2. The molecule has 2 unspecified atom stereocenters. The highest BCUT2D eigenvalue weighted by atomic mass is 19.3. The molecule has 6 rings (SSSR count). The van der Waals surface area contributed by atoms with Crippen LogP contribution in [0.4, 0.5) is 25.1 Å². The van der Waals surface area contributed by atoms with Gasteiger partial charge in [-0.15, -0.1) is 0 Å². The van der Waals surface area contributed by atoms with Crippen molar-refractivity contribution in [2.75, 3.05) is 17.2 Å². The lowest BCUT2D eigenvalue weighted by atomic mass is 9.85. The van der Waals surface area contributed by atoms with Crippen molar-refractivity contribution in [3.05, 3.63) is 101 Å². The number of hydrogen-bond acceptors (Lipinski definition) is 5. The highest BCUT2D eigenvalue weighted by Gasteiger charge is 2.41. The molecule has 0 aliphatic carbocycles. The lowest BCUT2D eigenvalue weighted by Gasteiger charge is -2.38. The number of anilines is 2. The smallest absolute Gasteiger partial charge is 0.387 e. The number of halogens is 2. The monoisotopic (exact) mass is 655 g/mol. The molecule has 10 heteroatoms. The Morgan fingerprint density at radius 1 is 0.917 bits per heavy atom. The molecule has 2 fully saturated rings. The third kappa shape index (κ3) is 7.93. The molecule has 48 heavy (non-hydrogen) atoms. The highest BCUT2D eigenvalue weighted by molar-refractivity contribution is 5.99. The van der Waals surface area contributed by atoms with Crippen molar-refractivity contribution < 1.29 is 23.1 Å². The largest absolute Gasteiger partial charge is 0.435 e. The second-order valence-electron chi connectivity index (χ2n) is 14.1. The summed E-state index contributed by atoms with van der Waals surface area (Å²) in [5.74, 6) is 1.15. The van der Waals surface area contributed by atoms with Gasteiger partial charge in [0.2, 0.25) is 0 Å². The van der Waals surface area contributed by atoms with E-state index in [1.807, 2.05) is 49.4 Å². The second kappa shape index (κ2) is 13.9. The van der Waals surface area contributed by atoms with Gasteiger partial charge < -0.3 is 10.1 Å². The Bertz CT molecular complexity index is 1720. The molecule has 2 aliphatic rings. The minimum absolute atomic E-state index is 0.00433. The van der Waals surface area contributed by atoms with E-state index in [2.05, 4.69) is 53.2 Å². The summed E-state index contributed by atoms with van der Waals surface area (Å²) in [7, 11) is 0. The van der Waals surface area contributed by atoms with Crippen molar-refractivity contribution in [1.29, 1.82) is 0 Å². The zero-order valence-corrected chi connectivity index (χ0v) is 27.9. The molecular formula is C38H43F2N5O3. The second-order valence-corrected chi connectivity index (χ2v) is 14.1. The van der Waals surface area contributed by atoms with Gasteiger partial charge in [0.15, 0.2) is 5.78 Å². The standard InChI is InChI=1S/C38H43F2N5O3/c1-24-5-13-29(14-6-24)45-35(22-34(43-45)38(2,3)4)42-37(47)41-28-11-7-25(8-12-28)19-26-20-30-15-16-31(21-26)44(30)23-33(46)27-9-17-32(18-10-27)48-36(39)40/h5-14,17-18,22,26,30-31,36H,15-16,19-21,23H2,1-4H3,(H2,41,42,47). The van der Waals surface area contributed by atoms with Gasteiger partial charge in [-0.2, -0.15) is 13.9 Å². The van der Waals surface area contributed by atoms with Crippen molar-refractivity contribution in [3.63, 3.8) is 0 Å². The first-order valence-electron chi connectivity index (χ1n) is 16.6. The number of nitrogens with one attached hydrogen (secondary N) is 2. The minimum atomic E-state index is -2.89. The maximum atomic E-state index is 13.1. The molecule has 2 saturated heterocycles. The van der Waals surface area contributed by atoms with Crippen LogP contribution in [0.3, 0.4) is 0 Å². The Kier molecular flexibility index (Phi) is 9.64. The number of ether oxygens (including phenoxy) is 1. The molecule has 3 heterocycles. The normalized spacial score (nSPS) is 19.4. The zero-order chi connectivity index (χ0) is 34.0. The number of rotatable bonds is 10. The number of aryl methyl sites for hydroxylation is 1. The Balaban J connectivity index is 1.02. The maximum Gasteiger partial charge on any atom is 0.387 e. The number of ketones is 1. The van der Waals surface area contributed by atoms with E-state index < -0.39 is 6.61 Å². The Hall–Kier alpha value is -4.57. The van der Waals surface area contributed by atoms with Crippen LogP contribution >= 0.6 is 0 Å². The first-order valence-corrected chi connectivity index (χ1v) is 16.6. The fourth-order valence-electron chi connectivity index (χ4n) is 6.95. The summed E-state index contributed by atoms with van der Waals surface area (Å²) in [5.41, 5.74) is 5.14. The lowest BCUT2D eigenvalue weighted by molar-refractivity contribution is -0.0498. The van der Waals surface area contributed by atoms with Crippen LogP contribution in [-0.4, -0.2) is 51.7 Å². The predicted octanol–water partition coefficient (Wildman–Crippen LogP) is 8.39. The van der Waals surface area contributed by atoms with Crippen LogP contribution in [0.2, 0.25) is 0 Å². The van der Waals surface area contributed by atoms with E-state index in [4.69, 9.17) is 5.10 Å². The number of Topliss-reactive ketones (excluding diaryl/α,β-unsaturated/α-hetero) is 1. The first-order chi connectivity index (χ1) is 22.9. The summed E-state index contributed by atoms with van der Waals surface area (Å²) in [4.78, 5) is 28.4. The number of hydrogen-bond donors (Lipinski definition) is 2. The minimum Gasteiger partial charge on any atom is -0.435 e. The van der Waals surface area contributed by atoms with Gasteiger partial charge in [-0.05, 0) is 99.0 Å². The van der Waals surface area contributed by atoms with Crippen LogP contribution in [0.15, 0.2) is 78.9 Å². The molecule has 4 aromatic rings. The fraction of sp³-hybridized carbons (Fsp3) is 0.395. The summed E-state index contributed by atoms with van der Waals surface area (Å²) in [6.45, 7) is 5.76. The first kappa shape index (κ1) is 33.3. The number of carbonyl (C=O) groups is 2. The lowest BCUT2D eigenvalue weighted by Crippen LogP contribution is -2.45. The van der Waals surface area contributed by atoms with Gasteiger partial charge in [-0.3, -0.25) is 15.0 Å². The summed E-state index contributed by atoms with van der Waals surface area (Å²) >= 11 is 0. The average Bonchev–Trinajstić information content (AvgIpc) is 3.55. The van der Waals surface area contributed by atoms with Crippen molar-refractivity contribution in [2.45, 2.75) is 83.9 Å². The Morgan fingerprint density at radius 3 is 2.17 bits per heavy atom. The number of urea groups is 1. The summed E-state index contributed by atoms with van der Waals surface area (Å²) < 4.78 is 31.1. The summed E-state index contributed by atoms with van der Waals surface area (Å²) in [5, 5.41) is 10.7. The molecule has 252 valence electrons. The van der Waals surface area contributed by atoms with Gasteiger partial charge in [-0.1, -0.05) is 50.6 Å². The molecule has 3 aromatic carbocycles. The van der Waals surface area contributed by atoms with Crippen LogP contribution < -0.4 is 15.4 Å². The van der Waals surface area contributed by atoms with Gasteiger partial charge in [0.25, 0.3) is 0 Å². The topological polar surface area (TPSA) is 88.5 Å². The van der Waals surface area contributed by atoms with E-state index >= 15 is 0 Å². The molecule has 0 spiro atoms. The SMILES string of the molecule is Cc1ccc(-n2nc(C(C)(C)C)cc2NC(=O)Nc2ccc(CC3CC4CCC(C3)N4CC(=O)c3ccc(OC(F)F)cc3)cc2)cc1. The quantitative estimate of drug-likeness (QED) is 0.168. The van der Waals surface area contributed by atoms with E-state index in [0.717, 1.165) is 49.0 Å². The van der Waals surface area contributed by atoms with Crippen LogP contribution in [0.25, 0.3) is 5.69 Å². The number of aromatic nitrogens is 2. The van der Waals surface area contributed by atoms with Crippen LogP contribution in [0, 0.1) is 12.8 Å². The van der Waals surface area contributed by atoms with Crippen molar-refractivity contribution in [2.24, 2.45) is 5.92 Å². The highest BCUT2D eigenvalue weighted by Crippen LogP contribution is 2.40. The van der Waals surface area contributed by atoms with Gasteiger partial charge in [0.1, 0.15) is 11.6 Å². The van der Waals surface area contributed by atoms with E-state index in [-0.39, 0.29) is 23.0 Å². The van der Waals surface area contributed by atoms with Gasteiger partial charge >= 0.3 is 12.6 Å². The predicted molar refractivity (Wildman–Crippen MR) is 183 cm³/mol. The molecule has 0 saturated carbocycles. The molecule has 0 radical (unpaired) electrons. The maximum absolute atomic E-state index is 13.1. The van der Waals surface area contributed by atoms with Gasteiger partial charge in [-0.25, -0.2) is 9.48 Å². The van der Waals surface area contributed by atoms with Gasteiger partial charge in [0, 0.05) is 34.8 Å². The molecule has 2 aliphatic heterocycles. The molecule has 1 aromatic heterocycles. The Labute approximate surface area is 280 Å². The average molecular weight is 656 g/mol. The van der Waals surface area contributed by atoms with Crippen LogP contribution in [0.1, 0.15) is 73.6 Å². The van der Waals surface area contributed by atoms with Crippen LogP contribution in [-0.2, 0) is 11.8 Å². The molecule has 8 nitrogen and oxygen atoms in total. The van der Waals surface area contributed by atoms with E-state index in [0.29, 0.717) is 41.6 Å². The number of alkyl halides is 2. The molecular weight excluding hydrogens is 612 g/mol. The van der Waals surface area contributed by atoms with E-state index in [1.165, 1.54) is 17.7 Å². The number of fused-ring (bicyclic) bond motifs is 2. The van der Waals surface area contributed by atoms with E-state index in [9.17, 15) is 18.4 Å². The van der Waals surface area contributed by atoms with Crippen LogP contribution in [0.5, 0.6) is 5.75 Å². The number of piperidine rings is 1. The zero-order valence-electron chi connectivity index (χ0n) is 27.9. The van der Waals surface area contributed by atoms with Crippen molar-refractivity contribution in [1.82, 2.24) is 14.7 Å². The van der Waals surface area contributed by atoms with Gasteiger partial charge in [0.05, 0.1) is 17.9 Å². The third-order valence-corrected chi connectivity index (χ3v) is 9.44. The molecule has 2 amide bonds. The number of benzene rings is 3. The number of amides is 2. The third-order valence-electron chi connectivity index (χ3n) is 9.44. The van der Waals surface area contributed by atoms with Crippen molar-refractivity contribution in [3.8, 4) is 11.4 Å². The number of nitrogens with zero attached hydrogens (tertiary/aromatic N) is 3. The fourth-order valence-corrected chi connectivity index (χ4v) is 6.95. The van der Waals surface area contributed by atoms with E-state index in [1.54, 1.807) is 16.8 Å². The summed E-state index contributed by atoms with van der Waals surface area (Å²) in [6, 6.07) is 24.3. The van der Waals surface area contributed by atoms with Crippen molar-refractivity contribution >= 4 is 23.3 Å².